The Hall–Kier alpha value is -2.76. The van der Waals surface area contributed by atoms with E-state index in [-0.39, 0.29) is 12.2 Å². The number of hydrogen-bond acceptors (Lipinski definition) is 5. The van der Waals surface area contributed by atoms with Crippen molar-refractivity contribution in [3.05, 3.63) is 52.4 Å². The largest absolute Gasteiger partial charge is 0.478 e. The number of carbonyl (C=O) groups is 2. The highest BCUT2D eigenvalue weighted by molar-refractivity contribution is 6.01. The number of hydrogen-bond donors (Lipinski definition) is 2. The normalized spacial score (nSPS) is 20.7. The molecular formula is C17H18N2O4. The molecule has 0 radical (unpaired) electrons. The number of cyclic esters (lactones) is 1. The van der Waals surface area contributed by atoms with Crippen LogP contribution in [0.3, 0.4) is 0 Å². The number of nitrogens with zero attached hydrogens (tertiary/aromatic N) is 1. The minimum Gasteiger partial charge on any atom is -0.478 e. The fourth-order valence-electron chi connectivity index (χ4n) is 3.41. The number of para-hydroxylation sites is 1. The van der Waals surface area contributed by atoms with Crippen molar-refractivity contribution in [1.29, 1.82) is 0 Å². The molecule has 1 aromatic carbocycles. The van der Waals surface area contributed by atoms with Crippen LogP contribution >= 0.6 is 0 Å². The van der Waals surface area contributed by atoms with Gasteiger partial charge in [0.05, 0.1) is 22.8 Å². The first-order valence-corrected chi connectivity index (χ1v) is 7.43. The molecule has 23 heavy (non-hydrogen) atoms. The Kier molecular flexibility index (Phi) is 3.60. The topological polar surface area (TPSA) is 92.9 Å². The van der Waals surface area contributed by atoms with Crippen molar-refractivity contribution >= 4 is 17.6 Å². The lowest BCUT2D eigenvalue weighted by Crippen LogP contribution is -2.33. The lowest BCUT2D eigenvalue weighted by Gasteiger charge is -2.34. The molecule has 0 fully saturated rings. The molecule has 0 spiro atoms. The van der Waals surface area contributed by atoms with Gasteiger partial charge >= 0.3 is 11.9 Å². The van der Waals surface area contributed by atoms with Gasteiger partial charge in [-0.15, -0.1) is 0 Å². The Morgan fingerprint density at radius 1 is 1.43 bits per heavy atom. The number of rotatable bonds is 3. The molecule has 6 heteroatoms. The Morgan fingerprint density at radius 3 is 2.74 bits per heavy atom. The van der Waals surface area contributed by atoms with Gasteiger partial charge in [-0.05, 0) is 25.5 Å². The summed E-state index contributed by atoms with van der Waals surface area (Å²) < 4.78 is 5.18. The van der Waals surface area contributed by atoms with Crippen molar-refractivity contribution in [1.82, 2.24) is 4.90 Å². The van der Waals surface area contributed by atoms with E-state index in [4.69, 9.17) is 10.5 Å². The van der Waals surface area contributed by atoms with Crippen LogP contribution in [-0.4, -0.2) is 35.1 Å². The zero-order valence-corrected chi connectivity index (χ0v) is 13.0. The van der Waals surface area contributed by atoms with E-state index in [0.29, 0.717) is 29.1 Å². The molecule has 2 heterocycles. The van der Waals surface area contributed by atoms with E-state index in [0.717, 1.165) is 5.70 Å². The van der Waals surface area contributed by atoms with Gasteiger partial charge in [0, 0.05) is 17.9 Å². The van der Waals surface area contributed by atoms with E-state index in [1.807, 2.05) is 11.8 Å². The van der Waals surface area contributed by atoms with Gasteiger partial charge in [0.15, 0.2) is 0 Å². The van der Waals surface area contributed by atoms with Crippen molar-refractivity contribution in [2.24, 2.45) is 0 Å². The third-order valence-electron chi connectivity index (χ3n) is 4.42. The molecule has 2 aliphatic rings. The highest BCUT2D eigenvalue weighted by atomic mass is 16.5. The summed E-state index contributed by atoms with van der Waals surface area (Å²) in [6.45, 7) is 4.39. The van der Waals surface area contributed by atoms with Crippen molar-refractivity contribution < 1.29 is 19.4 Å². The number of allylic oxidation sites excluding steroid dienone is 1. The standard InChI is InChI=1S/C17H18N2O4/c1-3-19-9(2)13(16(20)21)14(10-6-4-5-7-11(10)18)15-12(19)8-23-17(15)22/h4-7,14H,3,8,18H2,1-2H3,(H,20,21). The number of benzene rings is 1. The fraction of sp³-hybridized carbons (Fsp3) is 0.294. The minimum atomic E-state index is -1.06. The highest BCUT2D eigenvalue weighted by Gasteiger charge is 2.44. The summed E-state index contributed by atoms with van der Waals surface area (Å²) in [6, 6.07) is 7.03. The van der Waals surface area contributed by atoms with E-state index in [2.05, 4.69) is 0 Å². The molecule has 6 nitrogen and oxygen atoms in total. The number of nitrogen functional groups attached to an aromatic ring is 1. The fourth-order valence-corrected chi connectivity index (χ4v) is 3.41. The van der Waals surface area contributed by atoms with Crippen LogP contribution in [0.5, 0.6) is 0 Å². The molecule has 2 aliphatic heterocycles. The van der Waals surface area contributed by atoms with Gasteiger partial charge in [0.2, 0.25) is 0 Å². The zero-order valence-electron chi connectivity index (χ0n) is 13.0. The maximum Gasteiger partial charge on any atom is 0.337 e. The maximum absolute atomic E-state index is 12.3. The van der Waals surface area contributed by atoms with Crippen LogP contribution in [0.15, 0.2) is 46.8 Å². The van der Waals surface area contributed by atoms with Crippen LogP contribution in [-0.2, 0) is 14.3 Å². The SMILES string of the molecule is CCN1C(C)=C(C(=O)O)C(c2ccccc2N)C2=C1COC2=O. The van der Waals surface area contributed by atoms with Crippen LogP contribution in [0.2, 0.25) is 0 Å². The van der Waals surface area contributed by atoms with Crippen LogP contribution < -0.4 is 5.73 Å². The number of ether oxygens (including phenoxy) is 1. The molecule has 3 N–H and O–H groups in total. The van der Waals surface area contributed by atoms with Gasteiger partial charge in [-0.3, -0.25) is 0 Å². The predicted molar refractivity (Wildman–Crippen MR) is 84.3 cm³/mol. The van der Waals surface area contributed by atoms with Gasteiger partial charge in [0.1, 0.15) is 6.61 Å². The zero-order chi connectivity index (χ0) is 16.7. The summed E-state index contributed by atoms with van der Waals surface area (Å²) in [5, 5.41) is 9.75. The lowest BCUT2D eigenvalue weighted by atomic mass is 9.79. The first-order chi connectivity index (χ1) is 11.0. The number of nitrogens with two attached hydrogens (primary N) is 1. The molecule has 120 valence electrons. The third kappa shape index (κ3) is 2.18. The first-order valence-electron chi connectivity index (χ1n) is 7.43. The Morgan fingerprint density at radius 2 is 2.13 bits per heavy atom. The molecule has 3 rings (SSSR count). The molecule has 1 atom stereocenters. The predicted octanol–water partition coefficient (Wildman–Crippen LogP) is 1.86. The Bertz CT molecular complexity index is 762. The van der Waals surface area contributed by atoms with Crippen molar-refractivity contribution in [2.75, 3.05) is 18.9 Å². The van der Waals surface area contributed by atoms with Crippen LogP contribution in [0.25, 0.3) is 0 Å². The second-order valence-corrected chi connectivity index (χ2v) is 5.55. The summed E-state index contributed by atoms with van der Waals surface area (Å²) in [5.41, 5.74) is 9.02. The monoisotopic (exact) mass is 314 g/mol. The van der Waals surface area contributed by atoms with E-state index in [1.54, 1.807) is 31.2 Å². The van der Waals surface area contributed by atoms with Crippen molar-refractivity contribution in [3.63, 3.8) is 0 Å². The quantitative estimate of drug-likeness (QED) is 0.653. The first kappa shape index (κ1) is 15.1. The van der Waals surface area contributed by atoms with Crippen molar-refractivity contribution in [3.8, 4) is 0 Å². The number of carbonyl (C=O) groups excluding carboxylic acids is 1. The number of anilines is 1. The Balaban J connectivity index is 2.29. The average molecular weight is 314 g/mol. The van der Waals surface area contributed by atoms with E-state index in [1.165, 1.54) is 0 Å². The van der Waals surface area contributed by atoms with Gasteiger partial charge in [-0.25, -0.2) is 9.59 Å². The average Bonchev–Trinajstić information content (AvgIpc) is 2.88. The van der Waals surface area contributed by atoms with Crippen LogP contribution in [0, 0.1) is 0 Å². The number of aliphatic carboxylic acids is 1. The molecule has 0 aromatic heterocycles. The number of carboxylic acid groups (broad SMARTS) is 1. The maximum atomic E-state index is 12.3. The third-order valence-corrected chi connectivity index (χ3v) is 4.42. The summed E-state index contributed by atoms with van der Waals surface area (Å²) in [6.07, 6.45) is 0. The molecule has 0 amide bonds. The van der Waals surface area contributed by atoms with Gasteiger partial charge < -0.3 is 20.5 Å². The molecule has 1 aromatic rings. The van der Waals surface area contributed by atoms with E-state index >= 15 is 0 Å². The molecule has 0 aliphatic carbocycles. The number of likely N-dealkylation sites (N-methyl/N-ethyl adjacent to an activating group) is 1. The summed E-state index contributed by atoms with van der Waals surface area (Å²) >= 11 is 0. The van der Waals surface area contributed by atoms with Crippen molar-refractivity contribution in [2.45, 2.75) is 19.8 Å². The van der Waals surface area contributed by atoms with E-state index in [9.17, 15) is 14.7 Å². The Labute approximate surface area is 133 Å². The second-order valence-electron chi connectivity index (χ2n) is 5.55. The minimum absolute atomic E-state index is 0.162. The summed E-state index contributed by atoms with van der Waals surface area (Å²) in [5.74, 6) is -2.24. The number of carboxylic acids is 1. The van der Waals surface area contributed by atoms with Crippen LogP contribution in [0.4, 0.5) is 5.69 Å². The summed E-state index contributed by atoms with van der Waals surface area (Å²) in [7, 11) is 0. The molecule has 0 saturated heterocycles. The molecule has 0 saturated carbocycles. The van der Waals surface area contributed by atoms with E-state index < -0.39 is 17.9 Å². The van der Waals surface area contributed by atoms with Gasteiger partial charge in [0.25, 0.3) is 0 Å². The molecule has 0 bridgehead atoms. The van der Waals surface area contributed by atoms with Crippen LogP contribution in [0.1, 0.15) is 25.3 Å². The lowest BCUT2D eigenvalue weighted by molar-refractivity contribution is -0.136. The van der Waals surface area contributed by atoms with Gasteiger partial charge in [-0.1, -0.05) is 18.2 Å². The van der Waals surface area contributed by atoms with Gasteiger partial charge in [-0.2, -0.15) is 0 Å². The number of esters is 1. The highest BCUT2D eigenvalue weighted by Crippen LogP contribution is 2.45. The molecule has 1 unspecified atom stereocenters. The smallest absolute Gasteiger partial charge is 0.337 e. The second kappa shape index (κ2) is 5.46. The summed E-state index contributed by atoms with van der Waals surface area (Å²) in [4.78, 5) is 26.0. The molecular weight excluding hydrogens is 296 g/mol.